The molecule has 1 aromatic rings. The second kappa shape index (κ2) is 5.80. The molecule has 18 heavy (non-hydrogen) atoms. The number of ether oxygens (including phenoxy) is 1. The van der Waals surface area contributed by atoms with Crippen LogP contribution in [0.5, 0.6) is 0 Å². The van der Waals surface area contributed by atoms with Crippen LogP contribution in [0.2, 0.25) is 0 Å². The number of nitrogens with zero attached hydrogens (tertiary/aromatic N) is 2. The average molecular weight is 253 g/mol. The van der Waals surface area contributed by atoms with Crippen LogP contribution in [0.4, 0.5) is 0 Å². The molecule has 0 aromatic carbocycles. The molecule has 3 unspecified atom stereocenters. The first-order valence-electron chi connectivity index (χ1n) is 6.82. The second-order valence-corrected chi connectivity index (χ2v) is 5.31. The maximum absolute atomic E-state index is 5.69. The van der Waals surface area contributed by atoms with Crippen molar-refractivity contribution in [2.45, 2.75) is 46.3 Å². The molecule has 1 aliphatic rings. The van der Waals surface area contributed by atoms with Gasteiger partial charge in [-0.25, -0.2) is 0 Å². The minimum atomic E-state index is -0.0794. The topological polar surface area (TPSA) is 60.2 Å². The highest BCUT2D eigenvalue weighted by molar-refractivity contribution is 5.00. The molecule has 2 heterocycles. The number of hydrogen-bond donors (Lipinski definition) is 1. The maximum Gasteiger partial charge on any atom is 0.244 e. The number of rotatable bonds is 5. The fourth-order valence-electron chi connectivity index (χ4n) is 2.40. The zero-order valence-corrected chi connectivity index (χ0v) is 11.6. The van der Waals surface area contributed by atoms with Gasteiger partial charge in [0.1, 0.15) is 6.10 Å². The van der Waals surface area contributed by atoms with Crippen molar-refractivity contribution in [3.05, 3.63) is 11.7 Å². The highest BCUT2D eigenvalue weighted by Gasteiger charge is 2.31. The van der Waals surface area contributed by atoms with Crippen molar-refractivity contribution in [1.82, 2.24) is 15.5 Å². The highest BCUT2D eigenvalue weighted by Crippen LogP contribution is 2.30. The third-order valence-electron chi connectivity index (χ3n) is 3.46. The molecular weight excluding hydrogens is 230 g/mol. The van der Waals surface area contributed by atoms with Gasteiger partial charge in [0.15, 0.2) is 0 Å². The van der Waals surface area contributed by atoms with E-state index in [9.17, 15) is 0 Å². The Labute approximate surface area is 108 Å². The first kappa shape index (κ1) is 13.5. The van der Waals surface area contributed by atoms with Crippen molar-refractivity contribution < 1.29 is 9.26 Å². The second-order valence-electron chi connectivity index (χ2n) is 5.31. The van der Waals surface area contributed by atoms with Crippen molar-refractivity contribution in [2.24, 2.45) is 11.8 Å². The van der Waals surface area contributed by atoms with E-state index in [0.29, 0.717) is 30.2 Å². The van der Waals surface area contributed by atoms with Gasteiger partial charge in [-0.3, -0.25) is 0 Å². The van der Waals surface area contributed by atoms with Crippen LogP contribution in [-0.4, -0.2) is 23.3 Å². The Morgan fingerprint density at radius 3 is 2.83 bits per heavy atom. The van der Waals surface area contributed by atoms with E-state index >= 15 is 0 Å². The van der Waals surface area contributed by atoms with Gasteiger partial charge < -0.3 is 14.6 Å². The molecule has 5 heteroatoms. The van der Waals surface area contributed by atoms with Gasteiger partial charge in [0.2, 0.25) is 11.7 Å². The fraction of sp³-hybridized carbons (Fsp3) is 0.846. The van der Waals surface area contributed by atoms with Crippen molar-refractivity contribution in [3.8, 4) is 0 Å². The van der Waals surface area contributed by atoms with E-state index < -0.39 is 0 Å². The quantitative estimate of drug-likeness (QED) is 0.873. The van der Waals surface area contributed by atoms with Gasteiger partial charge >= 0.3 is 0 Å². The molecule has 0 bridgehead atoms. The predicted molar refractivity (Wildman–Crippen MR) is 68.0 cm³/mol. The van der Waals surface area contributed by atoms with E-state index in [-0.39, 0.29) is 12.1 Å². The summed E-state index contributed by atoms with van der Waals surface area (Å²) in [6.45, 7) is 10.1. The Kier molecular flexibility index (Phi) is 4.35. The first-order valence-corrected chi connectivity index (χ1v) is 6.82. The minimum Gasteiger partial charge on any atom is -0.370 e. The van der Waals surface area contributed by atoms with Crippen LogP contribution in [0.1, 0.15) is 58.0 Å². The van der Waals surface area contributed by atoms with Gasteiger partial charge in [-0.05, 0) is 31.7 Å². The molecule has 0 spiro atoms. The SMILES string of the molecule is CCOC(c1noc(C2NCCC2C)n1)C(C)C. The standard InChI is InChI=1S/C13H23N3O2/c1-5-17-11(8(2)3)12-15-13(18-16-12)10-9(4)6-7-14-10/h8-11,14H,5-7H2,1-4H3. The van der Waals surface area contributed by atoms with Crippen LogP contribution in [0.15, 0.2) is 4.52 Å². The summed E-state index contributed by atoms with van der Waals surface area (Å²) >= 11 is 0. The first-order chi connectivity index (χ1) is 8.63. The molecule has 0 aliphatic carbocycles. The van der Waals surface area contributed by atoms with Gasteiger partial charge in [-0.2, -0.15) is 4.98 Å². The zero-order valence-electron chi connectivity index (χ0n) is 11.6. The summed E-state index contributed by atoms with van der Waals surface area (Å²) in [4.78, 5) is 4.52. The summed E-state index contributed by atoms with van der Waals surface area (Å²) in [6, 6.07) is 0.195. The molecule has 1 saturated heterocycles. The van der Waals surface area contributed by atoms with Gasteiger partial charge in [0.05, 0.1) is 6.04 Å². The number of nitrogens with one attached hydrogen (secondary N) is 1. The molecule has 2 rings (SSSR count). The lowest BCUT2D eigenvalue weighted by Crippen LogP contribution is -2.17. The van der Waals surface area contributed by atoms with Gasteiger partial charge in [0, 0.05) is 6.61 Å². The molecule has 0 saturated carbocycles. The van der Waals surface area contributed by atoms with Gasteiger partial charge in [0.25, 0.3) is 0 Å². The maximum atomic E-state index is 5.69. The number of hydrogen-bond acceptors (Lipinski definition) is 5. The largest absolute Gasteiger partial charge is 0.370 e. The lowest BCUT2D eigenvalue weighted by Gasteiger charge is -2.16. The van der Waals surface area contributed by atoms with Gasteiger partial charge in [-0.15, -0.1) is 0 Å². The van der Waals surface area contributed by atoms with E-state index in [4.69, 9.17) is 9.26 Å². The molecule has 5 nitrogen and oxygen atoms in total. The summed E-state index contributed by atoms with van der Waals surface area (Å²) < 4.78 is 11.1. The van der Waals surface area contributed by atoms with Crippen LogP contribution >= 0.6 is 0 Å². The smallest absolute Gasteiger partial charge is 0.244 e. The molecule has 1 aromatic heterocycles. The molecule has 1 fully saturated rings. The Bertz CT molecular complexity index is 378. The lowest BCUT2D eigenvalue weighted by atomic mass is 10.0. The molecule has 3 atom stereocenters. The van der Waals surface area contributed by atoms with E-state index in [2.05, 4.69) is 36.2 Å². The zero-order chi connectivity index (χ0) is 13.1. The van der Waals surface area contributed by atoms with E-state index in [1.165, 1.54) is 0 Å². The summed E-state index contributed by atoms with van der Waals surface area (Å²) in [5, 5.41) is 7.48. The van der Waals surface area contributed by atoms with Crippen LogP contribution in [0.3, 0.4) is 0 Å². The summed E-state index contributed by atoms with van der Waals surface area (Å²) in [7, 11) is 0. The summed E-state index contributed by atoms with van der Waals surface area (Å²) in [6.07, 6.45) is 1.07. The normalized spacial score (nSPS) is 25.8. The minimum absolute atomic E-state index is 0.0794. The molecule has 1 aliphatic heterocycles. The van der Waals surface area contributed by atoms with Gasteiger partial charge in [-0.1, -0.05) is 25.9 Å². The monoisotopic (exact) mass is 253 g/mol. The molecule has 1 N–H and O–H groups in total. The summed E-state index contributed by atoms with van der Waals surface area (Å²) in [5.74, 6) is 2.25. The Morgan fingerprint density at radius 1 is 1.50 bits per heavy atom. The molecule has 0 amide bonds. The third kappa shape index (κ3) is 2.72. The lowest BCUT2D eigenvalue weighted by molar-refractivity contribution is 0.0217. The van der Waals surface area contributed by atoms with Crippen LogP contribution in [-0.2, 0) is 4.74 Å². The molecular formula is C13H23N3O2. The van der Waals surface area contributed by atoms with Crippen molar-refractivity contribution >= 4 is 0 Å². The molecule has 0 radical (unpaired) electrons. The third-order valence-corrected chi connectivity index (χ3v) is 3.46. The van der Waals surface area contributed by atoms with E-state index in [1.807, 2.05) is 6.92 Å². The number of aromatic nitrogens is 2. The summed E-state index contributed by atoms with van der Waals surface area (Å²) in [5.41, 5.74) is 0. The van der Waals surface area contributed by atoms with Crippen molar-refractivity contribution in [2.75, 3.05) is 13.2 Å². The van der Waals surface area contributed by atoms with Crippen molar-refractivity contribution in [3.63, 3.8) is 0 Å². The highest BCUT2D eigenvalue weighted by atomic mass is 16.5. The van der Waals surface area contributed by atoms with Crippen LogP contribution in [0, 0.1) is 11.8 Å². The Hall–Kier alpha value is -0.940. The van der Waals surface area contributed by atoms with Crippen LogP contribution in [0.25, 0.3) is 0 Å². The molecule has 102 valence electrons. The van der Waals surface area contributed by atoms with Crippen LogP contribution < -0.4 is 5.32 Å². The predicted octanol–water partition coefficient (Wildman–Crippen LogP) is 2.47. The fourth-order valence-corrected chi connectivity index (χ4v) is 2.40. The van der Waals surface area contributed by atoms with Crippen molar-refractivity contribution in [1.29, 1.82) is 0 Å². The van der Waals surface area contributed by atoms with E-state index in [0.717, 1.165) is 13.0 Å². The Morgan fingerprint density at radius 2 is 2.28 bits per heavy atom. The van der Waals surface area contributed by atoms with E-state index in [1.54, 1.807) is 0 Å². The Balaban J connectivity index is 2.13. The average Bonchev–Trinajstić information content (AvgIpc) is 2.93.